The summed E-state index contributed by atoms with van der Waals surface area (Å²) in [4.78, 5) is 0. The molecule has 0 spiro atoms. The lowest BCUT2D eigenvalue weighted by Gasteiger charge is -2.04. The highest BCUT2D eigenvalue weighted by molar-refractivity contribution is 5.37. The minimum Gasteiger partial charge on any atom is -0.238 e. The summed E-state index contributed by atoms with van der Waals surface area (Å²) >= 11 is 0. The molecule has 0 atom stereocenters. The van der Waals surface area contributed by atoms with Crippen molar-refractivity contribution in [2.24, 2.45) is 0 Å². The van der Waals surface area contributed by atoms with E-state index in [2.05, 4.69) is 50.1 Å². The average molecular weight is 200 g/mol. The minimum absolute atomic E-state index is 1.10. The third kappa shape index (κ3) is 1.67. The van der Waals surface area contributed by atoms with E-state index in [1.54, 1.807) is 0 Å². The van der Waals surface area contributed by atoms with Gasteiger partial charge in [0.2, 0.25) is 0 Å². The Morgan fingerprint density at radius 3 is 2.00 bits per heavy atom. The first-order valence-corrected chi connectivity index (χ1v) is 5.19. The lowest BCUT2D eigenvalue weighted by Crippen LogP contribution is -1.98. The number of hydrogen-bond acceptors (Lipinski definition) is 1. The largest absolute Gasteiger partial charge is 0.238 e. The summed E-state index contributed by atoms with van der Waals surface area (Å²) in [5.41, 5.74) is 6.01. The summed E-state index contributed by atoms with van der Waals surface area (Å²) in [5.74, 6) is 0. The summed E-state index contributed by atoms with van der Waals surface area (Å²) in [6, 6.07) is 8.44. The normalized spacial score (nSPS) is 10.7. The molecule has 2 nitrogen and oxygen atoms in total. The smallest absolute Gasteiger partial charge is 0.0649 e. The van der Waals surface area contributed by atoms with Gasteiger partial charge in [0.15, 0.2) is 0 Å². The molecule has 0 bridgehead atoms. The lowest BCUT2D eigenvalue weighted by molar-refractivity contribution is 0.833. The Morgan fingerprint density at radius 2 is 1.53 bits per heavy atom. The van der Waals surface area contributed by atoms with Crippen LogP contribution in [0.4, 0.5) is 0 Å². The zero-order valence-corrected chi connectivity index (χ0v) is 9.70. The van der Waals surface area contributed by atoms with E-state index < -0.39 is 0 Å². The van der Waals surface area contributed by atoms with E-state index >= 15 is 0 Å². The fourth-order valence-corrected chi connectivity index (χ4v) is 1.66. The first kappa shape index (κ1) is 9.97. The van der Waals surface area contributed by atoms with Crippen LogP contribution in [0.1, 0.15) is 22.5 Å². The molecule has 0 aliphatic carbocycles. The van der Waals surface area contributed by atoms with Gasteiger partial charge in [-0.3, -0.25) is 0 Å². The van der Waals surface area contributed by atoms with Gasteiger partial charge < -0.3 is 0 Å². The van der Waals surface area contributed by atoms with Crippen LogP contribution in [0.3, 0.4) is 0 Å². The Morgan fingerprint density at radius 1 is 0.933 bits per heavy atom. The van der Waals surface area contributed by atoms with Crippen molar-refractivity contribution in [1.29, 1.82) is 0 Å². The van der Waals surface area contributed by atoms with E-state index in [-0.39, 0.29) is 0 Å². The van der Waals surface area contributed by atoms with Gasteiger partial charge >= 0.3 is 0 Å². The van der Waals surface area contributed by atoms with Crippen molar-refractivity contribution >= 4 is 0 Å². The highest BCUT2D eigenvalue weighted by Gasteiger charge is 2.07. The van der Waals surface area contributed by atoms with Crippen LogP contribution in [-0.2, 0) is 0 Å². The fraction of sp³-hybridized carbons (Fsp3) is 0.308. The second kappa shape index (κ2) is 3.54. The molecule has 1 heterocycles. The van der Waals surface area contributed by atoms with Crippen LogP contribution in [0.15, 0.2) is 24.3 Å². The van der Waals surface area contributed by atoms with Crippen LogP contribution < -0.4 is 0 Å². The number of nitrogens with zero attached hydrogens (tertiary/aromatic N) is 2. The Bertz CT molecular complexity index is 478. The van der Waals surface area contributed by atoms with Crippen LogP contribution in [0.2, 0.25) is 0 Å². The zero-order chi connectivity index (χ0) is 11.0. The quantitative estimate of drug-likeness (QED) is 0.691. The van der Waals surface area contributed by atoms with Crippen molar-refractivity contribution in [2.75, 3.05) is 0 Å². The highest BCUT2D eigenvalue weighted by Crippen LogP contribution is 2.16. The molecule has 0 amide bonds. The van der Waals surface area contributed by atoms with Crippen LogP contribution in [0.25, 0.3) is 5.69 Å². The summed E-state index contributed by atoms with van der Waals surface area (Å²) in [5, 5.41) is 4.53. The first-order chi connectivity index (χ1) is 7.09. The van der Waals surface area contributed by atoms with Gasteiger partial charge in [0.25, 0.3) is 0 Å². The molecule has 0 radical (unpaired) electrons. The third-order valence-electron chi connectivity index (χ3n) is 2.93. The molecular formula is C13H16N2. The van der Waals surface area contributed by atoms with E-state index in [9.17, 15) is 0 Å². The number of benzene rings is 1. The van der Waals surface area contributed by atoms with Gasteiger partial charge in [-0.25, -0.2) is 4.68 Å². The summed E-state index contributed by atoms with van der Waals surface area (Å²) in [7, 11) is 0. The van der Waals surface area contributed by atoms with Crippen molar-refractivity contribution in [3.8, 4) is 5.69 Å². The first-order valence-electron chi connectivity index (χ1n) is 5.19. The van der Waals surface area contributed by atoms with E-state index in [0.717, 1.165) is 11.4 Å². The van der Waals surface area contributed by atoms with Gasteiger partial charge in [-0.1, -0.05) is 17.7 Å². The molecule has 2 aromatic rings. The maximum Gasteiger partial charge on any atom is 0.0649 e. The molecule has 1 aromatic carbocycles. The standard InChI is InChI=1S/C13H16N2/c1-9-5-7-13(8-6-9)15-12(4)10(2)11(3)14-15/h5-8H,1-4H3. The maximum absolute atomic E-state index is 4.53. The maximum atomic E-state index is 4.53. The minimum atomic E-state index is 1.10. The molecule has 0 saturated heterocycles. The molecule has 15 heavy (non-hydrogen) atoms. The third-order valence-corrected chi connectivity index (χ3v) is 2.93. The Kier molecular flexibility index (Phi) is 2.35. The molecular weight excluding hydrogens is 184 g/mol. The summed E-state index contributed by atoms with van der Waals surface area (Å²) in [6.45, 7) is 8.36. The second-order valence-corrected chi connectivity index (χ2v) is 4.04. The SMILES string of the molecule is Cc1ccc(-n2nc(C)c(C)c2C)cc1. The van der Waals surface area contributed by atoms with Crippen molar-refractivity contribution < 1.29 is 0 Å². The van der Waals surface area contributed by atoms with Crippen molar-refractivity contribution in [2.45, 2.75) is 27.7 Å². The molecule has 2 heteroatoms. The summed E-state index contributed by atoms with van der Waals surface area (Å²) in [6.07, 6.45) is 0. The molecule has 0 N–H and O–H groups in total. The lowest BCUT2D eigenvalue weighted by atomic mass is 10.2. The monoisotopic (exact) mass is 200 g/mol. The Balaban J connectivity index is 2.54. The Labute approximate surface area is 90.6 Å². The molecule has 2 rings (SSSR count). The number of aromatic nitrogens is 2. The predicted octanol–water partition coefficient (Wildman–Crippen LogP) is 3.11. The summed E-state index contributed by atoms with van der Waals surface area (Å²) < 4.78 is 2.00. The number of hydrogen-bond donors (Lipinski definition) is 0. The van der Waals surface area contributed by atoms with E-state index in [1.807, 2.05) is 11.6 Å². The van der Waals surface area contributed by atoms with Crippen molar-refractivity contribution in [3.05, 3.63) is 46.8 Å². The zero-order valence-electron chi connectivity index (χ0n) is 9.70. The molecule has 0 fully saturated rings. The van der Waals surface area contributed by atoms with Crippen LogP contribution in [0.5, 0.6) is 0 Å². The van der Waals surface area contributed by atoms with Crippen LogP contribution in [0, 0.1) is 27.7 Å². The van der Waals surface area contributed by atoms with Crippen LogP contribution in [-0.4, -0.2) is 9.78 Å². The van der Waals surface area contributed by atoms with Gasteiger partial charge in [-0.2, -0.15) is 5.10 Å². The molecule has 78 valence electrons. The van der Waals surface area contributed by atoms with Crippen molar-refractivity contribution in [3.63, 3.8) is 0 Å². The topological polar surface area (TPSA) is 17.8 Å². The molecule has 0 aliphatic rings. The number of aryl methyl sites for hydroxylation is 2. The van der Waals surface area contributed by atoms with Gasteiger partial charge in [-0.05, 0) is 45.4 Å². The average Bonchev–Trinajstić information content (AvgIpc) is 2.47. The van der Waals surface area contributed by atoms with Crippen LogP contribution >= 0.6 is 0 Å². The Hall–Kier alpha value is -1.57. The fourth-order valence-electron chi connectivity index (χ4n) is 1.66. The second-order valence-electron chi connectivity index (χ2n) is 4.04. The molecule has 0 saturated carbocycles. The molecule has 0 aliphatic heterocycles. The van der Waals surface area contributed by atoms with Crippen molar-refractivity contribution in [1.82, 2.24) is 9.78 Å². The van der Waals surface area contributed by atoms with Gasteiger partial charge in [0.05, 0.1) is 11.4 Å². The molecule has 0 unspecified atom stereocenters. The van der Waals surface area contributed by atoms with Gasteiger partial charge in [0, 0.05) is 5.69 Å². The number of rotatable bonds is 1. The van der Waals surface area contributed by atoms with E-state index in [4.69, 9.17) is 0 Å². The van der Waals surface area contributed by atoms with E-state index in [0.29, 0.717) is 0 Å². The van der Waals surface area contributed by atoms with E-state index in [1.165, 1.54) is 16.8 Å². The predicted molar refractivity (Wildman–Crippen MR) is 62.5 cm³/mol. The highest BCUT2D eigenvalue weighted by atomic mass is 15.3. The molecule has 1 aromatic heterocycles. The van der Waals surface area contributed by atoms with Gasteiger partial charge in [0.1, 0.15) is 0 Å². The van der Waals surface area contributed by atoms with Gasteiger partial charge in [-0.15, -0.1) is 0 Å².